The second kappa shape index (κ2) is 5.37. The molecular weight excluding hydrogens is 250 g/mol. The molecule has 0 saturated carbocycles. The van der Waals surface area contributed by atoms with Gasteiger partial charge >= 0.3 is 0 Å². The van der Waals surface area contributed by atoms with E-state index in [1.807, 2.05) is 45.9 Å². The lowest BCUT2D eigenvalue weighted by Crippen LogP contribution is -2.15. The monoisotopic (exact) mass is 269 g/mol. The Labute approximate surface area is 119 Å². The van der Waals surface area contributed by atoms with Gasteiger partial charge in [-0.15, -0.1) is 0 Å². The average molecular weight is 269 g/mol. The first kappa shape index (κ1) is 14.1. The topological polar surface area (TPSA) is 49.3 Å². The summed E-state index contributed by atoms with van der Waals surface area (Å²) in [5.41, 5.74) is 5.05. The van der Waals surface area contributed by atoms with Crippen molar-refractivity contribution in [3.8, 4) is 5.75 Å². The van der Waals surface area contributed by atoms with Crippen LogP contribution < -0.4 is 5.32 Å². The minimum atomic E-state index is -0.195. The van der Waals surface area contributed by atoms with Crippen molar-refractivity contribution in [3.63, 3.8) is 0 Å². The van der Waals surface area contributed by atoms with E-state index in [0.29, 0.717) is 11.3 Å². The summed E-state index contributed by atoms with van der Waals surface area (Å²) >= 11 is 0. The van der Waals surface area contributed by atoms with Gasteiger partial charge in [-0.2, -0.15) is 0 Å². The molecule has 0 heterocycles. The Morgan fingerprint density at radius 3 is 2.10 bits per heavy atom. The summed E-state index contributed by atoms with van der Waals surface area (Å²) < 4.78 is 0. The van der Waals surface area contributed by atoms with Gasteiger partial charge in [0.1, 0.15) is 5.75 Å². The molecule has 3 heteroatoms. The maximum Gasteiger partial charge on any atom is 0.256 e. The van der Waals surface area contributed by atoms with Crippen LogP contribution in [0.1, 0.15) is 32.6 Å². The Hall–Kier alpha value is -2.29. The molecular formula is C17H19NO2. The fourth-order valence-electron chi connectivity index (χ4n) is 2.47. The van der Waals surface area contributed by atoms with E-state index in [1.165, 1.54) is 0 Å². The molecule has 0 radical (unpaired) electrons. The van der Waals surface area contributed by atoms with Crippen LogP contribution in [0.2, 0.25) is 0 Å². The summed E-state index contributed by atoms with van der Waals surface area (Å²) in [6.07, 6.45) is 0. The van der Waals surface area contributed by atoms with Crippen LogP contribution in [0, 0.1) is 27.7 Å². The van der Waals surface area contributed by atoms with Crippen LogP contribution in [0.5, 0.6) is 5.75 Å². The summed E-state index contributed by atoms with van der Waals surface area (Å²) in [5, 5.41) is 12.6. The van der Waals surface area contributed by atoms with Crippen LogP contribution in [0.25, 0.3) is 0 Å². The molecule has 0 bridgehead atoms. The van der Waals surface area contributed by atoms with Crippen LogP contribution in [-0.2, 0) is 0 Å². The van der Waals surface area contributed by atoms with Crippen molar-refractivity contribution >= 4 is 11.6 Å². The Bertz CT molecular complexity index is 652. The maximum atomic E-state index is 12.4. The first-order chi connectivity index (χ1) is 9.38. The molecule has 0 saturated heterocycles. The van der Waals surface area contributed by atoms with Gasteiger partial charge in [0, 0.05) is 5.56 Å². The first-order valence-corrected chi connectivity index (χ1v) is 6.57. The van der Waals surface area contributed by atoms with Crippen LogP contribution in [-0.4, -0.2) is 11.0 Å². The van der Waals surface area contributed by atoms with Crippen molar-refractivity contribution in [3.05, 3.63) is 58.1 Å². The number of hydrogen-bond acceptors (Lipinski definition) is 2. The molecule has 104 valence electrons. The number of nitrogens with one attached hydrogen (secondary N) is 1. The molecule has 0 atom stereocenters. The number of rotatable bonds is 2. The van der Waals surface area contributed by atoms with Crippen molar-refractivity contribution in [2.45, 2.75) is 27.7 Å². The molecule has 0 aliphatic heterocycles. The van der Waals surface area contributed by atoms with Crippen molar-refractivity contribution in [1.82, 2.24) is 0 Å². The van der Waals surface area contributed by atoms with Gasteiger partial charge in [0.2, 0.25) is 0 Å². The fourth-order valence-corrected chi connectivity index (χ4v) is 2.47. The summed E-state index contributed by atoms with van der Waals surface area (Å²) in [4.78, 5) is 12.4. The zero-order valence-corrected chi connectivity index (χ0v) is 12.2. The van der Waals surface area contributed by atoms with Gasteiger partial charge in [-0.05, 0) is 56.5 Å². The number of benzene rings is 2. The summed E-state index contributed by atoms with van der Waals surface area (Å²) in [6, 6.07) is 9.16. The van der Waals surface area contributed by atoms with Gasteiger partial charge in [0.15, 0.2) is 0 Å². The molecule has 2 aromatic rings. The molecule has 0 spiro atoms. The minimum absolute atomic E-state index is 0.0840. The summed E-state index contributed by atoms with van der Waals surface area (Å²) in [7, 11) is 0. The van der Waals surface area contributed by atoms with Crippen molar-refractivity contribution < 1.29 is 9.90 Å². The van der Waals surface area contributed by atoms with E-state index in [2.05, 4.69) is 5.32 Å². The third-order valence-electron chi connectivity index (χ3n) is 3.31. The highest BCUT2D eigenvalue weighted by Gasteiger charge is 2.14. The average Bonchev–Trinajstić information content (AvgIpc) is 2.31. The second-order valence-corrected chi connectivity index (χ2v) is 5.25. The highest BCUT2D eigenvalue weighted by molar-refractivity contribution is 6.07. The lowest BCUT2D eigenvalue weighted by Gasteiger charge is -2.12. The Kier molecular flexibility index (Phi) is 3.79. The number of phenolic OH excluding ortho intramolecular Hbond substituents is 1. The minimum Gasteiger partial charge on any atom is -0.506 e. The van der Waals surface area contributed by atoms with Gasteiger partial charge in [-0.1, -0.05) is 23.8 Å². The van der Waals surface area contributed by atoms with Gasteiger partial charge in [-0.25, -0.2) is 0 Å². The molecule has 2 aromatic carbocycles. The standard InChI is InChI=1S/C17H19NO2/c1-10-5-6-14(15(19)9-10)18-17(20)16-12(3)7-11(2)8-13(16)4/h5-9,19H,1-4H3,(H,18,20). The summed E-state index contributed by atoms with van der Waals surface area (Å²) in [6.45, 7) is 7.74. The maximum absolute atomic E-state index is 12.4. The third-order valence-corrected chi connectivity index (χ3v) is 3.31. The molecule has 0 aliphatic rings. The summed E-state index contributed by atoms with van der Waals surface area (Å²) in [5.74, 6) is -0.111. The van der Waals surface area contributed by atoms with E-state index in [0.717, 1.165) is 22.3 Å². The normalized spacial score (nSPS) is 10.4. The number of carbonyl (C=O) groups is 1. The second-order valence-electron chi connectivity index (χ2n) is 5.25. The van der Waals surface area contributed by atoms with Crippen molar-refractivity contribution in [2.75, 3.05) is 5.32 Å². The number of amides is 1. The predicted molar refractivity (Wildman–Crippen MR) is 81.5 cm³/mol. The van der Waals surface area contributed by atoms with E-state index in [9.17, 15) is 9.90 Å². The quantitative estimate of drug-likeness (QED) is 0.813. The van der Waals surface area contributed by atoms with Crippen LogP contribution >= 0.6 is 0 Å². The first-order valence-electron chi connectivity index (χ1n) is 6.57. The highest BCUT2D eigenvalue weighted by Crippen LogP contribution is 2.25. The Morgan fingerprint density at radius 1 is 0.950 bits per heavy atom. The van der Waals surface area contributed by atoms with Crippen LogP contribution in [0.4, 0.5) is 5.69 Å². The molecule has 20 heavy (non-hydrogen) atoms. The van der Waals surface area contributed by atoms with Gasteiger partial charge in [0.25, 0.3) is 5.91 Å². The Balaban J connectivity index is 2.33. The lowest BCUT2D eigenvalue weighted by molar-refractivity contribution is 0.102. The molecule has 3 nitrogen and oxygen atoms in total. The van der Waals surface area contributed by atoms with E-state index >= 15 is 0 Å². The van der Waals surface area contributed by atoms with E-state index in [4.69, 9.17) is 0 Å². The van der Waals surface area contributed by atoms with E-state index in [-0.39, 0.29) is 11.7 Å². The number of hydrogen-bond donors (Lipinski definition) is 2. The Morgan fingerprint density at radius 2 is 1.55 bits per heavy atom. The number of anilines is 1. The molecule has 0 unspecified atom stereocenters. The lowest BCUT2D eigenvalue weighted by atomic mass is 9.99. The molecule has 1 amide bonds. The predicted octanol–water partition coefficient (Wildman–Crippen LogP) is 3.88. The molecule has 2 rings (SSSR count). The van der Waals surface area contributed by atoms with E-state index < -0.39 is 0 Å². The smallest absolute Gasteiger partial charge is 0.256 e. The van der Waals surface area contributed by atoms with Gasteiger partial charge in [0.05, 0.1) is 5.69 Å². The van der Waals surface area contributed by atoms with Crippen LogP contribution in [0.3, 0.4) is 0 Å². The highest BCUT2D eigenvalue weighted by atomic mass is 16.3. The molecule has 0 fully saturated rings. The number of carbonyl (C=O) groups excluding carboxylic acids is 1. The SMILES string of the molecule is Cc1cc(C)c(C(=O)Nc2ccc(C)cc2O)c(C)c1. The fraction of sp³-hybridized carbons (Fsp3) is 0.235. The molecule has 0 aliphatic carbocycles. The number of aromatic hydroxyl groups is 1. The number of phenols is 1. The van der Waals surface area contributed by atoms with Crippen molar-refractivity contribution in [1.29, 1.82) is 0 Å². The molecule has 2 N–H and O–H groups in total. The zero-order chi connectivity index (χ0) is 14.9. The molecule has 0 aromatic heterocycles. The van der Waals surface area contributed by atoms with Crippen LogP contribution in [0.15, 0.2) is 30.3 Å². The zero-order valence-electron chi connectivity index (χ0n) is 12.2. The van der Waals surface area contributed by atoms with E-state index in [1.54, 1.807) is 12.1 Å². The number of aryl methyl sites for hydroxylation is 4. The third kappa shape index (κ3) is 2.82. The largest absolute Gasteiger partial charge is 0.506 e. The van der Waals surface area contributed by atoms with Gasteiger partial charge in [-0.3, -0.25) is 4.79 Å². The van der Waals surface area contributed by atoms with Gasteiger partial charge < -0.3 is 10.4 Å². The van der Waals surface area contributed by atoms with Crippen molar-refractivity contribution in [2.24, 2.45) is 0 Å².